The topological polar surface area (TPSA) is 53.6 Å². The molecule has 0 unspecified atom stereocenters. The minimum atomic E-state index is 0.503. The first-order chi connectivity index (χ1) is 7.58. The van der Waals surface area contributed by atoms with Crippen LogP contribution in [0.3, 0.4) is 0 Å². The van der Waals surface area contributed by atoms with Gasteiger partial charge in [0.05, 0.1) is 6.54 Å². The molecule has 0 amide bonds. The lowest BCUT2D eigenvalue weighted by Crippen LogP contribution is -2.33. The zero-order chi connectivity index (χ0) is 12.0. The van der Waals surface area contributed by atoms with Crippen LogP contribution in [0.5, 0.6) is 0 Å². The molecule has 0 saturated heterocycles. The Morgan fingerprint density at radius 2 is 2.44 bits per heavy atom. The number of hydrogen-bond donors (Lipinski definition) is 2. The molecule has 3 N–H and O–H groups in total. The van der Waals surface area contributed by atoms with Crippen LogP contribution < -0.4 is 11.1 Å². The fraction of sp³-hybridized carbons (Fsp3) is 0.583. The van der Waals surface area contributed by atoms with Crippen molar-refractivity contribution in [2.75, 3.05) is 33.2 Å². The quantitative estimate of drug-likeness (QED) is 0.419. The normalized spacial score (nSPS) is 18.1. The summed E-state index contributed by atoms with van der Waals surface area (Å²) in [6.45, 7) is 9.29. The molecule has 0 saturated carbocycles. The molecule has 0 fully saturated rings. The maximum atomic E-state index is 5.73. The maximum Gasteiger partial charge on any atom is 0.189 e. The van der Waals surface area contributed by atoms with Crippen molar-refractivity contribution in [3.8, 4) is 0 Å². The molecule has 90 valence electrons. The Morgan fingerprint density at radius 1 is 1.69 bits per heavy atom. The largest absolute Gasteiger partial charge is 0.370 e. The highest BCUT2D eigenvalue weighted by Crippen LogP contribution is 2.08. The summed E-state index contributed by atoms with van der Waals surface area (Å²) in [7, 11) is 2.12. The van der Waals surface area contributed by atoms with Gasteiger partial charge in [0.25, 0.3) is 0 Å². The van der Waals surface area contributed by atoms with E-state index in [0.717, 1.165) is 25.1 Å². The molecular weight excluding hydrogens is 200 g/mol. The van der Waals surface area contributed by atoms with E-state index in [2.05, 4.69) is 34.9 Å². The second kappa shape index (κ2) is 6.33. The third-order valence-corrected chi connectivity index (χ3v) is 2.53. The highest BCUT2D eigenvalue weighted by molar-refractivity contribution is 5.78. The number of hydrogen-bond acceptors (Lipinski definition) is 2. The Labute approximate surface area is 97.9 Å². The zero-order valence-corrected chi connectivity index (χ0v) is 10.3. The summed E-state index contributed by atoms with van der Waals surface area (Å²) < 4.78 is 0. The molecule has 1 aliphatic heterocycles. The van der Waals surface area contributed by atoms with E-state index < -0.39 is 0 Å². The fourth-order valence-electron chi connectivity index (χ4n) is 1.44. The van der Waals surface area contributed by atoms with E-state index in [4.69, 9.17) is 5.73 Å². The number of guanidine groups is 1. The summed E-state index contributed by atoms with van der Waals surface area (Å²) >= 11 is 0. The molecule has 0 aromatic rings. The number of nitrogens with two attached hydrogens (primary N) is 1. The van der Waals surface area contributed by atoms with Crippen LogP contribution in [-0.4, -0.2) is 44.1 Å². The average Bonchev–Trinajstić information content (AvgIpc) is 2.25. The zero-order valence-electron chi connectivity index (χ0n) is 10.3. The van der Waals surface area contributed by atoms with E-state index in [1.807, 2.05) is 6.92 Å². The van der Waals surface area contributed by atoms with Gasteiger partial charge in [-0.1, -0.05) is 23.8 Å². The van der Waals surface area contributed by atoms with Crippen LogP contribution >= 0.6 is 0 Å². The van der Waals surface area contributed by atoms with Gasteiger partial charge in [-0.2, -0.15) is 0 Å². The van der Waals surface area contributed by atoms with Crippen molar-refractivity contribution in [2.24, 2.45) is 10.7 Å². The average molecular weight is 222 g/mol. The second-order valence-corrected chi connectivity index (χ2v) is 4.39. The molecule has 4 heteroatoms. The van der Waals surface area contributed by atoms with Gasteiger partial charge in [0, 0.05) is 19.6 Å². The third-order valence-electron chi connectivity index (χ3n) is 2.53. The summed E-state index contributed by atoms with van der Waals surface area (Å²) in [5.41, 5.74) is 8.15. The fourth-order valence-corrected chi connectivity index (χ4v) is 1.44. The minimum Gasteiger partial charge on any atom is -0.370 e. The van der Waals surface area contributed by atoms with Gasteiger partial charge >= 0.3 is 0 Å². The van der Waals surface area contributed by atoms with E-state index in [1.165, 1.54) is 5.57 Å². The first kappa shape index (κ1) is 12.8. The first-order valence-corrected chi connectivity index (χ1v) is 5.62. The summed E-state index contributed by atoms with van der Waals surface area (Å²) in [6, 6.07) is 0. The first-order valence-electron chi connectivity index (χ1n) is 5.62. The van der Waals surface area contributed by atoms with Crippen LogP contribution in [0.4, 0.5) is 0 Å². The van der Waals surface area contributed by atoms with Gasteiger partial charge < -0.3 is 16.0 Å². The number of nitrogens with zero attached hydrogens (tertiary/aromatic N) is 2. The van der Waals surface area contributed by atoms with Crippen LogP contribution in [0, 0.1) is 0 Å². The predicted molar refractivity (Wildman–Crippen MR) is 69.5 cm³/mol. The molecular formula is C12H22N4. The van der Waals surface area contributed by atoms with E-state index >= 15 is 0 Å². The van der Waals surface area contributed by atoms with Crippen molar-refractivity contribution >= 4 is 5.96 Å². The Bertz CT molecular complexity index is 304. The van der Waals surface area contributed by atoms with Crippen molar-refractivity contribution in [3.63, 3.8) is 0 Å². The molecule has 0 aliphatic carbocycles. The molecule has 16 heavy (non-hydrogen) atoms. The van der Waals surface area contributed by atoms with Crippen molar-refractivity contribution < 1.29 is 0 Å². The molecule has 0 aromatic carbocycles. The molecule has 0 atom stereocenters. The molecule has 0 spiro atoms. The van der Waals surface area contributed by atoms with Crippen LogP contribution in [0.1, 0.15) is 13.3 Å². The van der Waals surface area contributed by atoms with Crippen LogP contribution in [0.25, 0.3) is 0 Å². The molecule has 0 bridgehead atoms. The third kappa shape index (κ3) is 4.98. The number of nitrogens with one attached hydrogen (secondary N) is 1. The summed E-state index contributed by atoms with van der Waals surface area (Å²) in [5, 5.41) is 3.02. The Kier molecular flexibility index (Phi) is 5.05. The van der Waals surface area contributed by atoms with Gasteiger partial charge in [0.2, 0.25) is 0 Å². The smallest absolute Gasteiger partial charge is 0.189 e. The van der Waals surface area contributed by atoms with Gasteiger partial charge in [-0.05, 0) is 20.4 Å². The van der Waals surface area contributed by atoms with Gasteiger partial charge in [0.15, 0.2) is 5.96 Å². The summed E-state index contributed by atoms with van der Waals surface area (Å²) in [4.78, 5) is 6.59. The number of aliphatic imine (C=N–C) groups is 1. The molecule has 1 rings (SSSR count). The Hall–Kier alpha value is -1.29. The lowest BCUT2D eigenvalue weighted by molar-refractivity contribution is 0.358. The lowest BCUT2D eigenvalue weighted by atomic mass is 10.1. The monoisotopic (exact) mass is 222 g/mol. The Balaban J connectivity index is 2.32. The summed E-state index contributed by atoms with van der Waals surface area (Å²) in [6.07, 6.45) is 3.33. The SMILES string of the molecule is C=C(C)CNC(N)=NCC1=CCN(C)CC1. The van der Waals surface area contributed by atoms with E-state index in [-0.39, 0.29) is 0 Å². The molecule has 1 aliphatic rings. The number of rotatable bonds is 4. The second-order valence-electron chi connectivity index (χ2n) is 4.39. The highest BCUT2D eigenvalue weighted by atomic mass is 15.1. The van der Waals surface area contributed by atoms with E-state index in [1.54, 1.807) is 0 Å². The van der Waals surface area contributed by atoms with E-state index in [0.29, 0.717) is 19.0 Å². The van der Waals surface area contributed by atoms with Gasteiger partial charge in [-0.15, -0.1) is 0 Å². The Morgan fingerprint density at radius 3 is 3.00 bits per heavy atom. The molecule has 4 nitrogen and oxygen atoms in total. The van der Waals surface area contributed by atoms with Crippen molar-refractivity contribution in [2.45, 2.75) is 13.3 Å². The molecule has 1 heterocycles. The van der Waals surface area contributed by atoms with Gasteiger partial charge in [-0.25, -0.2) is 4.99 Å². The number of likely N-dealkylation sites (N-methyl/N-ethyl adjacent to an activating group) is 1. The van der Waals surface area contributed by atoms with Crippen LogP contribution in [0.15, 0.2) is 28.8 Å². The molecule has 0 radical (unpaired) electrons. The van der Waals surface area contributed by atoms with Gasteiger partial charge in [0.1, 0.15) is 0 Å². The highest BCUT2D eigenvalue weighted by Gasteiger charge is 2.06. The maximum absolute atomic E-state index is 5.73. The van der Waals surface area contributed by atoms with Gasteiger partial charge in [-0.3, -0.25) is 0 Å². The summed E-state index contributed by atoms with van der Waals surface area (Å²) in [5.74, 6) is 0.503. The lowest BCUT2D eigenvalue weighted by Gasteiger charge is -2.21. The van der Waals surface area contributed by atoms with Crippen molar-refractivity contribution in [3.05, 3.63) is 23.8 Å². The predicted octanol–water partition coefficient (Wildman–Crippen LogP) is 0.729. The van der Waals surface area contributed by atoms with Crippen molar-refractivity contribution in [1.82, 2.24) is 10.2 Å². The van der Waals surface area contributed by atoms with Crippen LogP contribution in [-0.2, 0) is 0 Å². The standard InChI is InChI=1S/C12H22N4/c1-10(2)8-14-12(13)15-9-11-4-6-16(3)7-5-11/h4H,1,5-9H2,2-3H3,(H3,13,14,15). The van der Waals surface area contributed by atoms with Crippen LogP contribution in [0.2, 0.25) is 0 Å². The molecule has 0 aromatic heterocycles. The van der Waals surface area contributed by atoms with E-state index in [9.17, 15) is 0 Å². The van der Waals surface area contributed by atoms with Crippen molar-refractivity contribution in [1.29, 1.82) is 0 Å². The minimum absolute atomic E-state index is 0.503.